The van der Waals surface area contributed by atoms with Gasteiger partial charge in [-0.1, -0.05) is 13.8 Å². The van der Waals surface area contributed by atoms with E-state index in [1.165, 1.54) is 0 Å². The minimum atomic E-state index is 0.124. The zero-order chi connectivity index (χ0) is 7.56. The van der Waals surface area contributed by atoms with Gasteiger partial charge in [-0.3, -0.25) is 4.79 Å². The van der Waals surface area contributed by atoms with Crippen molar-refractivity contribution in [2.75, 3.05) is 6.61 Å². The van der Waals surface area contributed by atoms with Crippen LogP contribution in [0.4, 0.5) is 0 Å². The van der Waals surface area contributed by atoms with Crippen molar-refractivity contribution in [1.82, 2.24) is 0 Å². The molecule has 2 nitrogen and oxygen atoms in total. The normalized spacial score (nSPS) is 17.9. The summed E-state index contributed by atoms with van der Waals surface area (Å²) >= 11 is 0. The van der Waals surface area contributed by atoms with Crippen molar-refractivity contribution in [2.24, 2.45) is 5.92 Å². The predicted octanol–water partition coefficient (Wildman–Crippen LogP) is 1.39. The van der Waals surface area contributed by atoms with Gasteiger partial charge in [0.15, 0.2) is 5.78 Å². The number of rotatable bonds is 4. The SMILES string of the molecule is CC(C)C(=O)COC1CC1. The van der Waals surface area contributed by atoms with Gasteiger partial charge in [0, 0.05) is 5.92 Å². The molecule has 10 heavy (non-hydrogen) atoms. The van der Waals surface area contributed by atoms with Crippen molar-refractivity contribution < 1.29 is 9.53 Å². The van der Waals surface area contributed by atoms with E-state index in [2.05, 4.69) is 0 Å². The zero-order valence-electron chi connectivity index (χ0n) is 6.59. The topological polar surface area (TPSA) is 26.3 Å². The van der Waals surface area contributed by atoms with Crippen LogP contribution in [0.2, 0.25) is 0 Å². The second-order valence-electron chi connectivity index (χ2n) is 3.13. The third-order valence-electron chi connectivity index (χ3n) is 1.63. The van der Waals surface area contributed by atoms with E-state index in [0.29, 0.717) is 12.7 Å². The second kappa shape index (κ2) is 3.15. The van der Waals surface area contributed by atoms with Crippen LogP contribution in [0.25, 0.3) is 0 Å². The van der Waals surface area contributed by atoms with Gasteiger partial charge in [-0.15, -0.1) is 0 Å². The highest BCUT2D eigenvalue weighted by atomic mass is 16.5. The summed E-state index contributed by atoms with van der Waals surface area (Å²) in [5.74, 6) is 0.339. The molecule has 0 atom stereocenters. The van der Waals surface area contributed by atoms with Crippen LogP contribution < -0.4 is 0 Å². The molecule has 0 spiro atoms. The molecule has 0 aliphatic heterocycles. The number of ketones is 1. The van der Waals surface area contributed by atoms with Gasteiger partial charge in [0.1, 0.15) is 6.61 Å². The largest absolute Gasteiger partial charge is 0.370 e. The third-order valence-corrected chi connectivity index (χ3v) is 1.63. The lowest BCUT2D eigenvalue weighted by Crippen LogP contribution is -2.15. The van der Waals surface area contributed by atoms with E-state index >= 15 is 0 Å². The number of hydrogen-bond acceptors (Lipinski definition) is 2. The Morgan fingerprint density at radius 1 is 1.60 bits per heavy atom. The van der Waals surface area contributed by atoms with Crippen molar-refractivity contribution in [1.29, 1.82) is 0 Å². The molecular formula is C8H14O2. The molecule has 0 N–H and O–H groups in total. The molecule has 58 valence electrons. The molecule has 1 aliphatic rings. The molecular weight excluding hydrogens is 128 g/mol. The summed E-state index contributed by atoms with van der Waals surface area (Å²) in [6.07, 6.45) is 2.69. The fraction of sp³-hybridized carbons (Fsp3) is 0.875. The predicted molar refractivity (Wildman–Crippen MR) is 38.8 cm³/mol. The zero-order valence-corrected chi connectivity index (χ0v) is 6.59. The van der Waals surface area contributed by atoms with Gasteiger partial charge < -0.3 is 4.74 Å². The van der Waals surface area contributed by atoms with Crippen molar-refractivity contribution >= 4 is 5.78 Å². The van der Waals surface area contributed by atoms with Crippen molar-refractivity contribution in [3.05, 3.63) is 0 Å². The van der Waals surface area contributed by atoms with Crippen molar-refractivity contribution in [3.8, 4) is 0 Å². The molecule has 0 heterocycles. The van der Waals surface area contributed by atoms with Gasteiger partial charge in [-0.05, 0) is 12.8 Å². The highest BCUT2D eigenvalue weighted by Crippen LogP contribution is 2.23. The first-order valence-corrected chi connectivity index (χ1v) is 3.84. The average molecular weight is 142 g/mol. The summed E-state index contributed by atoms with van der Waals surface area (Å²) in [5.41, 5.74) is 0. The van der Waals surface area contributed by atoms with Crippen LogP contribution in [0.1, 0.15) is 26.7 Å². The van der Waals surface area contributed by atoms with Gasteiger partial charge >= 0.3 is 0 Å². The maximum atomic E-state index is 11.0. The Labute approximate surface area is 61.6 Å². The summed E-state index contributed by atoms with van der Waals surface area (Å²) in [5, 5.41) is 0. The highest BCUT2D eigenvalue weighted by molar-refractivity contribution is 5.81. The minimum Gasteiger partial charge on any atom is -0.370 e. The van der Waals surface area contributed by atoms with Gasteiger partial charge in [0.25, 0.3) is 0 Å². The van der Waals surface area contributed by atoms with Crippen LogP contribution in [0.15, 0.2) is 0 Å². The molecule has 2 heteroatoms. The minimum absolute atomic E-state index is 0.124. The van der Waals surface area contributed by atoms with E-state index < -0.39 is 0 Å². The molecule has 1 fully saturated rings. The molecule has 0 unspecified atom stereocenters. The van der Waals surface area contributed by atoms with Crippen molar-refractivity contribution in [2.45, 2.75) is 32.8 Å². The van der Waals surface area contributed by atoms with Crippen LogP contribution in [-0.2, 0) is 9.53 Å². The molecule has 1 saturated carbocycles. The fourth-order valence-corrected chi connectivity index (χ4v) is 0.601. The molecule has 0 radical (unpaired) electrons. The Bertz CT molecular complexity index is 125. The second-order valence-corrected chi connectivity index (χ2v) is 3.13. The van der Waals surface area contributed by atoms with E-state index in [1.807, 2.05) is 13.8 Å². The Kier molecular flexibility index (Phi) is 2.44. The van der Waals surface area contributed by atoms with Gasteiger partial charge in [0.2, 0.25) is 0 Å². The lowest BCUT2D eigenvalue weighted by molar-refractivity contribution is -0.126. The molecule has 0 saturated heterocycles. The first-order valence-electron chi connectivity index (χ1n) is 3.84. The Hall–Kier alpha value is -0.370. The van der Waals surface area contributed by atoms with Gasteiger partial charge in [0.05, 0.1) is 6.10 Å². The van der Waals surface area contributed by atoms with Crippen LogP contribution in [0, 0.1) is 5.92 Å². The van der Waals surface area contributed by atoms with E-state index in [0.717, 1.165) is 12.8 Å². The molecule has 1 rings (SSSR count). The first-order chi connectivity index (χ1) is 4.70. The summed E-state index contributed by atoms with van der Waals surface area (Å²) < 4.78 is 5.23. The number of Topliss-reactive ketones (excluding diaryl/α,β-unsaturated/α-hetero) is 1. The number of hydrogen-bond donors (Lipinski definition) is 0. The molecule has 0 aromatic rings. The summed E-state index contributed by atoms with van der Waals surface area (Å²) in [6.45, 7) is 4.12. The molecule has 0 amide bonds. The van der Waals surface area contributed by atoms with E-state index in [1.54, 1.807) is 0 Å². The standard InChI is InChI=1S/C8H14O2/c1-6(2)8(9)5-10-7-3-4-7/h6-7H,3-5H2,1-2H3. The third kappa shape index (κ3) is 2.48. The van der Waals surface area contributed by atoms with Crippen LogP contribution in [0.3, 0.4) is 0 Å². The Morgan fingerprint density at radius 3 is 2.60 bits per heavy atom. The monoisotopic (exact) mass is 142 g/mol. The van der Waals surface area contributed by atoms with Crippen LogP contribution >= 0.6 is 0 Å². The number of ether oxygens (including phenoxy) is 1. The average Bonchev–Trinajstić information content (AvgIpc) is 2.64. The highest BCUT2D eigenvalue weighted by Gasteiger charge is 2.23. The summed E-state index contributed by atoms with van der Waals surface area (Å²) in [4.78, 5) is 11.0. The van der Waals surface area contributed by atoms with Crippen LogP contribution in [0.5, 0.6) is 0 Å². The Balaban J connectivity index is 2.05. The van der Waals surface area contributed by atoms with Crippen molar-refractivity contribution in [3.63, 3.8) is 0 Å². The molecule has 1 aliphatic carbocycles. The quantitative estimate of drug-likeness (QED) is 0.593. The van der Waals surface area contributed by atoms with E-state index in [4.69, 9.17) is 4.74 Å². The summed E-state index contributed by atoms with van der Waals surface area (Å²) in [6, 6.07) is 0. The lowest BCUT2D eigenvalue weighted by atomic mass is 10.1. The number of carbonyl (C=O) groups is 1. The van der Waals surface area contributed by atoms with Gasteiger partial charge in [-0.25, -0.2) is 0 Å². The van der Waals surface area contributed by atoms with E-state index in [9.17, 15) is 4.79 Å². The van der Waals surface area contributed by atoms with Gasteiger partial charge in [-0.2, -0.15) is 0 Å². The van der Waals surface area contributed by atoms with E-state index in [-0.39, 0.29) is 11.7 Å². The molecule has 0 aromatic heterocycles. The lowest BCUT2D eigenvalue weighted by Gasteiger charge is -2.03. The fourth-order valence-electron chi connectivity index (χ4n) is 0.601. The smallest absolute Gasteiger partial charge is 0.160 e. The summed E-state index contributed by atoms with van der Waals surface area (Å²) in [7, 11) is 0. The van der Waals surface area contributed by atoms with Crippen LogP contribution in [-0.4, -0.2) is 18.5 Å². The maximum Gasteiger partial charge on any atom is 0.160 e. The maximum absolute atomic E-state index is 11.0. The Morgan fingerprint density at radius 2 is 2.20 bits per heavy atom. The molecule has 0 bridgehead atoms. The first kappa shape index (κ1) is 7.73. The molecule has 0 aromatic carbocycles. The number of carbonyl (C=O) groups excluding carboxylic acids is 1.